The van der Waals surface area contributed by atoms with Crippen LogP contribution in [0.1, 0.15) is 19.3 Å². The van der Waals surface area contributed by atoms with Crippen LogP contribution in [-0.4, -0.2) is 48.7 Å². The number of thiocarbonyl (C=S) groups is 1. The summed E-state index contributed by atoms with van der Waals surface area (Å²) in [7, 11) is 1.79. The molecule has 0 unspecified atom stereocenters. The van der Waals surface area contributed by atoms with Crippen LogP contribution in [-0.2, 0) is 4.79 Å². The van der Waals surface area contributed by atoms with Gasteiger partial charge in [0.15, 0.2) is 11.2 Å². The van der Waals surface area contributed by atoms with Crippen LogP contribution in [0.5, 0.6) is 5.75 Å². The van der Waals surface area contributed by atoms with Gasteiger partial charge in [0.2, 0.25) is 0 Å². The molecule has 1 amide bonds. The minimum absolute atomic E-state index is 0.0677. The number of nitrogens with one attached hydrogen (secondary N) is 1. The predicted molar refractivity (Wildman–Crippen MR) is 90.3 cm³/mol. The third kappa shape index (κ3) is 2.88. The lowest BCUT2D eigenvalue weighted by Crippen LogP contribution is -2.54. The summed E-state index contributed by atoms with van der Waals surface area (Å²) in [6.07, 6.45) is 2.86. The molecule has 1 saturated heterocycles. The first-order valence-corrected chi connectivity index (χ1v) is 8.15. The lowest BCUT2D eigenvalue weighted by Gasteiger charge is -2.38. The van der Waals surface area contributed by atoms with E-state index in [9.17, 15) is 4.79 Å². The van der Waals surface area contributed by atoms with E-state index in [0.717, 1.165) is 31.6 Å². The molecule has 3 rings (SSSR count). The maximum absolute atomic E-state index is 12.7. The minimum Gasteiger partial charge on any atom is -0.476 e. The van der Waals surface area contributed by atoms with Gasteiger partial charge < -0.3 is 19.9 Å². The number of carbonyl (C=O) groups excluding carboxylic acids is 1. The highest BCUT2D eigenvalue weighted by Gasteiger charge is 2.34. The summed E-state index contributed by atoms with van der Waals surface area (Å²) in [5.74, 6) is 0.778. The highest BCUT2D eigenvalue weighted by atomic mass is 32.1. The predicted octanol–water partition coefficient (Wildman–Crippen LogP) is 1.77. The van der Waals surface area contributed by atoms with Gasteiger partial charge in [0.25, 0.3) is 5.91 Å². The molecule has 118 valence electrons. The van der Waals surface area contributed by atoms with Crippen LogP contribution < -0.4 is 15.0 Å². The van der Waals surface area contributed by atoms with Crippen molar-refractivity contribution >= 4 is 28.9 Å². The summed E-state index contributed by atoms with van der Waals surface area (Å²) in [5.41, 5.74) is 0.907. The van der Waals surface area contributed by atoms with Crippen LogP contribution >= 0.6 is 12.2 Å². The average molecular weight is 319 g/mol. The molecule has 1 fully saturated rings. The molecular formula is C16H21N3O2S. The van der Waals surface area contributed by atoms with Crippen molar-refractivity contribution in [1.29, 1.82) is 0 Å². The lowest BCUT2D eigenvalue weighted by atomic mass is 10.1. The smallest absolute Gasteiger partial charge is 0.265 e. The zero-order chi connectivity index (χ0) is 15.5. The third-order valence-corrected chi connectivity index (χ3v) is 4.60. The molecule has 6 heteroatoms. The fourth-order valence-electron chi connectivity index (χ4n) is 3.01. The van der Waals surface area contributed by atoms with Crippen molar-refractivity contribution in [1.82, 2.24) is 10.2 Å². The molecule has 0 aromatic heterocycles. The van der Waals surface area contributed by atoms with E-state index in [2.05, 4.69) is 5.32 Å². The Kier molecular flexibility index (Phi) is 4.47. The number of carbonyl (C=O) groups is 1. The van der Waals surface area contributed by atoms with E-state index in [1.807, 2.05) is 34.1 Å². The fourth-order valence-corrected chi connectivity index (χ4v) is 3.18. The number of hydrogen-bond acceptors (Lipinski definition) is 3. The topological polar surface area (TPSA) is 44.8 Å². The first kappa shape index (κ1) is 15.1. The molecule has 0 radical (unpaired) electrons. The molecule has 5 nitrogen and oxygen atoms in total. The number of ether oxygens (including phenoxy) is 1. The van der Waals surface area contributed by atoms with Gasteiger partial charge in [-0.2, -0.15) is 0 Å². The van der Waals surface area contributed by atoms with Crippen molar-refractivity contribution < 1.29 is 9.53 Å². The lowest BCUT2D eigenvalue weighted by molar-refractivity contribution is -0.139. The number of piperidine rings is 1. The Labute approximate surface area is 136 Å². The SMILES string of the molecule is CNC(=S)N1C[C@H](C(=O)N2CCCCC2)Oc2ccccc21. The van der Waals surface area contributed by atoms with Crippen molar-refractivity contribution in [2.24, 2.45) is 0 Å². The molecule has 1 aromatic carbocycles. The molecule has 0 spiro atoms. The van der Waals surface area contributed by atoms with Gasteiger partial charge >= 0.3 is 0 Å². The molecule has 2 aliphatic heterocycles. The summed E-state index contributed by atoms with van der Waals surface area (Å²) in [5, 5.41) is 3.60. The molecule has 0 saturated carbocycles. The molecule has 1 aromatic rings. The number of fused-ring (bicyclic) bond motifs is 1. The maximum atomic E-state index is 12.7. The summed E-state index contributed by atoms with van der Waals surface area (Å²) in [6.45, 7) is 2.11. The average Bonchev–Trinajstić information content (AvgIpc) is 2.60. The highest BCUT2D eigenvalue weighted by Crippen LogP contribution is 2.33. The molecule has 2 aliphatic rings. The van der Waals surface area contributed by atoms with Crippen molar-refractivity contribution in [2.45, 2.75) is 25.4 Å². The molecule has 1 N–H and O–H groups in total. The van der Waals surface area contributed by atoms with Gasteiger partial charge in [0, 0.05) is 20.1 Å². The van der Waals surface area contributed by atoms with E-state index in [1.165, 1.54) is 6.42 Å². The van der Waals surface area contributed by atoms with E-state index >= 15 is 0 Å². The normalized spacial score (nSPS) is 20.9. The van der Waals surface area contributed by atoms with Gasteiger partial charge in [0.1, 0.15) is 5.75 Å². The standard InChI is InChI=1S/C16H21N3O2S/c1-17-16(22)19-11-14(15(20)18-9-5-2-6-10-18)21-13-8-4-3-7-12(13)19/h3-4,7-8,14H,2,5-6,9-11H2,1H3,(H,17,22)/t14-/m1/s1. The van der Waals surface area contributed by atoms with Gasteiger partial charge in [-0.1, -0.05) is 12.1 Å². The van der Waals surface area contributed by atoms with Crippen LogP contribution in [0.4, 0.5) is 5.69 Å². The Hall–Kier alpha value is -1.82. The Morgan fingerprint density at radius 2 is 2.00 bits per heavy atom. The van der Waals surface area contributed by atoms with Crippen LogP contribution in [0.3, 0.4) is 0 Å². The number of para-hydroxylation sites is 2. The van der Waals surface area contributed by atoms with Gasteiger partial charge in [-0.3, -0.25) is 4.79 Å². The van der Waals surface area contributed by atoms with E-state index in [4.69, 9.17) is 17.0 Å². The van der Waals surface area contributed by atoms with E-state index < -0.39 is 6.10 Å². The third-order valence-electron chi connectivity index (χ3n) is 4.18. The Balaban J connectivity index is 1.83. The molecule has 0 aliphatic carbocycles. The minimum atomic E-state index is -0.501. The van der Waals surface area contributed by atoms with Crippen LogP contribution in [0.15, 0.2) is 24.3 Å². The quantitative estimate of drug-likeness (QED) is 0.799. The van der Waals surface area contributed by atoms with Gasteiger partial charge in [-0.15, -0.1) is 0 Å². The van der Waals surface area contributed by atoms with Crippen LogP contribution in [0.25, 0.3) is 0 Å². The van der Waals surface area contributed by atoms with Crippen molar-refractivity contribution in [3.8, 4) is 5.75 Å². The Morgan fingerprint density at radius 3 is 2.73 bits per heavy atom. The summed E-state index contributed by atoms with van der Waals surface area (Å²) in [4.78, 5) is 16.6. The van der Waals surface area contributed by atoms with Gasteiger partial charge in [0.05, 0.1) is 12.2 Å². The number of benzene rings is 1. The summed E-state index contributed by atoms with van der Waals surface area (Å²) < 4.78 is 5.95. The number of anilines is 1. The fraction of sp³-hybridized carbons (Fsp3) is 0.500. The Morgan fingerprint density at radius 1 is 1.27 bits per heavy atom. The summed E-state index contributed by atoms with van der Waals surface area (Å²) in [6, 6.07) is 7.70. The largest absolute Gasteiger partial charge is 0.476 e. The highest BCUT2D eigenvalue weighted by molar-refractivity contribution is 7.80. The van der Waals surface area contributed by atoms with E-state index in [0.29, 0.717) is 17.4 Å². The molecular weight excluding hydrogens is 298 g/mol. The molecule has 22 heavy (non-hydrogen) atoms. The number of hydrogen-bond donors (Lipinski definition) is 1. The second-order valence-electron chi connectivity index (χ2n) is 5.63. The van der Waals surface area contributed by atoms with E-state index in [1.54, 1.807) is 7.05 Å². The van der Waals surface area contributed by atoms with Gasteiger partial charge in [-0.05, 0) is 43.6 Å². The van der Waals surface area contributed by atoms with Crippen LogP contribution in [0.2, 0.25) is 0 Å². The number of amides is 1. The molecule has 1 atom stereocenters. The Bertz CT molecular complexity index is 572. The first-order chi connectivity index (χ1) is 10.7. The molecule has 0 bridgehead atoms. The zero-order valence-electron chi connectivity index (χ0n) is 12.7. The number of rotatable bonds is 1. The van der Waals surface area contributed by atoms with E-state index in [-0.39, 0.29) is 5.91 Å². The first-order valence-electron chi connectivity index (χ1n) is 7.74. The second-order valence-corrected chi connectivity index (χ2v) is 6.01. The second kappa shape index (κ2) is 6.52. The number of nitrogens with zero attached hydrogens (tertiary/aromatic N) is 2. The number of likely N-dealkylation sites (tertiary alicyclic amines) is 1. The van der Waals surface area contributed by atoms with Crippen molar-refractivity contribution in [3.63, 3.8) is 0 Å². The van der Waals surface area contributed by atoms with Gasteiger partial charge in [-0.25, -0.2) is 0 Å². The maximum Gasteiger partial charge on any atom is 0.265 e. The molecule has 2 heterocycles. The zero-order valence-corrected chi connectivity index (χ0v) is 13.6. The van der Waals surface area contributed by atoms with Crippen LogP contribution in [0, 0.1) is 0 Å². The monoisotopic (exact) mass is 319 g/mol. The van der Waals surface area contributed by atoms with Crippen molar-refractivity contribution in [2.75, 3.05) is 31.6 Å². The van der Waals surface area contributed by atoms with Crippen molar-refractivity contribution in [3.05, 3.63) is 24.3 Å². The summed E-state index contributed by atoms with van der Waals surface area (Å²) >= 11 is 5.38.